The third kappa shape index (κ3) is 2.22. The summed E-state index contributed by atoms with van der Waals surface area (Å²) in [6.45, 7) is 8.13. The van der Waals surface area contributed by atoms with Gasteiger partial charge in [-0.05, 0) is 48.2 Å². The van der Waals surface area contributed by atoms with Crippen LogP contribution in [0.4, 0.5) is 5.69 Å². The Bertz CT molecular complexity index is 982. The van der Waals surface area contributed by atoms with Crippen LogP contribution < -0.4 is 10.6 Å². The van der Waals surface area contributed by atoms with Crippen molar-refractivity contribution in [3.8, 4) is 0 Å². The lowest BCUT2D eigenvalue weighted by Crippen LogP contribution is -2.54. The minimum atomic E-state index is -1.04. The molecule has 0 radical (unpaired) electrons. The van der Waals surface area contributed by atoms with E-state index in [4.69, 9.17) is 11.6 Å². The molecule has 0 aliphatic carbocycles. The molecule has 2 aromatic rings. The molecule has 2 aliphatic rings. The number of anilines is 1. The highest BCUT2D eigenvalue weighted by molar-refractivity contribution is 6.31. The summed E-state index contributed by atoms with van der Waals surface area (Å²) in [5, 5.41) is 6.55. The quantitative estimate of drug-likeness (QED) is 0.750. The lowest BCUT2D eigenvalue weighted by atomic mass is 9.64. The molecule has 2 amide bonds. The van der Waals surface area contributed by atoms with Crippen LogP contribution in [0.3, 0.4) is 0 Å². The second kappa shape index (κ2) is 5.71. The van der Waals surface area contributed by atoms with Gasteiger partial charge in [-0.15, -0.1) is 0 Å². The number of benzene rings is 2. The summed E-state index contributed by atoms with van der Waals surface area (Å²) in [7, 11) is 0. The molecule has 132 valence electrons. The van der Waals surface area contributed by atoms with E-state index >= 15 is 0 Å². The molecule has 2 atom stereocenters. The highest BCUT2D eigenvalue weighted by Gasteiger charge is 2.57. The summed E-state index contributed by atoms with van der Waals surface area (Å²) in [6, 6.07) is 10.9. The van der Waals surface area contributed by atoms with Gasteiger partial charge in [-0.25, -0.2) is 0 Å². The molecular weight excluding hydrogens is 348 g/mol. The predicted octanol–water partition coefficient (Wildman–Crippen LogP) is 3.96. The molecule has 4 rings (SSSR count). The molecule has 0 bridgehead atoms. The minimum absolute atomic E-state index is 0.122. The highest BCUT2D eigenvalue weighted by atomic mass is 35.5. The normalized spacial score (nSPS) is 24.4. The van der Waals surface area contributed by atoms with Gasteiger partial charge in [-0.3, -0.25) is 9.59 Å². The fourth-order valence-corrected chi connectivity index (χ4v) is 4.36. The van der Waals surface area contributed by atoms with Crippen molar-refractivity contribution in [3.63, 3.8) is 0 Å². The molecule has 2 aliphatic heterocycles. The number of aryl methyl sites for hydroxylation is 2. The van der Waals surface area contributed by atoms with Crippen LogP contribution >= 0.6 is 11.6 Å². The predicted molar refractivity (Wildman–Crippen MR) is 102 cm³/mol. The summed E-state index contributed by atoms with van der Waals surface area (Å²) in [5.74, 6) is -0.299. The number of piperidine rings is 1. The van der Waals surface area contributed by atoms with E-state index in [1.165, 1.54) is 0 Å². The third-order valence-electron chi connectivity index (χ3n) is 5.43. The van der Waals surface area contributed by atoms with Crippen LogP contribution in [0.25, 0.3) is 0 Å². The monoisotopic (exact) mass is 366 g/mol. The smallest absolute Gasteiger partial charge is 0.241 e. The van der Waals surface area contributed by atoms with Crippen LogP contribution in [-0.4, -0.2) is 11.8 Å². The molecule has 0 aromatic heterocycles. The van der Waals surface area contributed by atoms with Crippen molar-refractivity contribution in [1.82, 2.24) is 5.32 Å². The second-order valence-corrected chi connectivity index (χ2v) is 7.53. The summed E-state index contributed by atoms with van der Waals surface area (Å²) in [5.41, 5.74) is 4.07. The molecule has 0 saturated carbocycles. The zero-order valence-corrected chi connectivity index (χ0v) is 15.4. The number of hydrogen-bond donors (Lipinski definition) is 2. The second-order valence-electron chi connectivity index (χ2n) is 7.09. The molecule has 4 nitrogen and oxygen atoms in total. The van der Waals surface area contributed by atoms with E-state index in [1.807, 2.05) is 38.1 Å². The van der Waals surface area contributed by atoms with E-state index in [2.05, 4.69) is 17.2 Å². The molecule has 1 fully saturated rings. The maximum Gasteiger partial charge on any atom is 0.241 e. The van der Waals surface area contributed by atoms with E-state index in [-0.39, 0.29) is 18.2 Å². The lowest BCUT2D eigenvalue weighted by Gasteiger charge is -2.42. The van der Waals surface area contributed by atoms with Crippen molar-refractivity contribution in [2.24, 2.45) is 0 Å². The number of nitrogens with one attached hydrogen (secondary N) is 2. The van der Waals surface area contributed by atoms with Crippen LogP contribution in [0.5, 0.6) is 0 Å². The highest BCUT2D eigenvalue weighted by Crippen LogP contribution is 2.53. The zero-order valence-electron chi connectivity index (χ0n) is 14.7. The molecule has 5 heteroatoms. The third-order valence-corrected chi connectivity index (χ3v) is 5.66. The summed E-state index contributed by atoms with van der Waals surface area (Å²) < 4.78 is 0. The fraction of sp³-hybridized carbons (Fsp3) is 0.238. The molecule has 2 N–H and O–H groups in total. The maximum atomic E-state index is 13.3. The van der Waals surface area contributed by atoms with Crippen molar-refractivity contribution in [2.75, 3.05) is 5.32 Å². The number of amides is 2. The van der Waals surface area contributed by atoms with Gasteiger partial charge in [0.1, 0.15) is 5.41 Å². The van der Waals surface area contributed by atoms with Gasteiger partial charge in [-0.2, -0.15) is 0 Å². The average molecular weight is 367 g/mol. The van der Waals surface area contributed by atoms with Crippen LogP contribution in [-0.2, 0) is 15.0 Å². The summed E-state index contributed by atoms with van der Waals surface area (Å²) >= 11 is 6.11. The molecule has 0 unspecified atom stereocenters. The zero-order chi connectivity index (χ0) is 18.6. The van der Waals surface area contributed by atoms with Crippen LogP contribution in [0.15, 0.2) is 48.6 Å². The van der Waals surface area contributed by atoms with Crippen molar-refractivity contribution >= 4 is 29.1 Å². The Balaban J connectivity index is 2.01. The Morgan fingerprint density at radius 3 is 2.69 bits per heavy atom. The fourth-order valence-electron chi connectivity index (χ4n) is 4.18. The molecule has 1 spiro atoms. The number of hydrogen-bond acceptors (Lipinski definition) is 2. The van der Waals surface area contributed by atoms with Gasteiger partial charge in [0, 0.05) is 17.1 Å². The van der Waals surface area contributed by atoms with Crippen molar-refractivity contribution in [2.45, 2.75) is 31.7 Å². The first kappa shape index (κ1) is 16.9. The number of carbonyl (C=O) groups is 2. The standard InChI is InChI=1S/C21H19ClN2O2/c1-11-4-5-12(2)15(8-11)19-21(13(3)9-18(25)24-19)16-7-6-14(22)10-17(16)23-20(21)26/h4-8,10,19H,3,9H2,1-2H3,(H,23,26)(H,24,25)/t19-,21+/m0/s1. The van der Waals surface area contributed by atoms with E-state index in [0.717, 1.165) is 22.3 Å². The Morgan fingerprint density at radius 2 is 1.92 bits per heavy atom. The Hall–Kier alpha value is -2.59. The van der Waals surface area contributed by atoms with Gasteiger partial charge in [0.2, 0.25) is 11.8 Å². The van der Waals surface area contributed by atoms with E-state index in [1.54, 1.807) is 12.1 Å². The van der Waals surface area contributed by atoms with E-state index in [9.17, 15) is 9.59 Å². The largest absolute Gasteiger partial charge is 0.347 e. The first-order valence-electron chi connectivity index (χ1n) is 8.50. The Labute approximate surface area is 157 Å². The van der Waals surface area contributed by atoms with Gasteiger partial charge in [0.25, 0.3) is 0 Å². The molecule has 2 heterocycles. The summed E-state index contributed by atoms with van der Waals surface area (Å²) in [4.78, 5) is 25.6. The Morgan fingerprint density at radius 1 is 1.15 bits per heavy atom. The molecule has 2 aromatic carbocycles. The van der Waals surface area contributed by atoms with Crippen LogP contribution in [0, 0.1) is 13.8 Å². The first-order valence-corrected chi connectivity index (χ1v) is 8.88. The van der Waals surface area contributed by atoms with Gasteiger partial charge in [0.05, 0.1) is 6.04 Å². The van der Waals surface area contributed by atoms with Crippen LogP contribution in [0.1, 0.15) is 34.7 Å². The minimum Gasteiger partial charge on any atom is -0.347 e. The summed E-state index contributed by atoms with van der Waals surface area (Å²) in [6.07, 6.45) is 0.122. The van der Waals surface area contributed by atoms with Gasteiger partial charge >= 0.3 is 0 Å². The Kier molecular flexibility index (Phi) is 3.70. The molecular formula is C21H19ClN2O2. The van der Waals surface area contributed by atoms with Gasteiger partial charge < -0.3 is 10.6 Å². The van der Waals surface area contributed by atoms with Crippen LogP contribution in [0.2, 0.25) is 5.02 Å². The van der Waals surface area contributed by atoms with Crippen molar-refractivity contribution in [3.05, 3.63) is 75.8 Å². The number of halogens is 1. The lowest BCUT2D eigenvalue weighted by molar-refractivity contribution is -0.126. The van der Waals surface area contributed by atoms with E-state index < -0.39 is 11.5 Å². The number of rotatable bonds is 1. The van der Waals surface area contributed by atoms with Crippen molar-refractivity contribution < 1.29 is 9.59 Å². The molecule has 1 saturated heterocycles. The maximum absolute atomic E-state index is 13.3. The first-order chi connectivity index (χ1) is 12.3. The van der Waals surface area contributed by atoms with Crippen molar-refractivity contribution in [1.29, 1.82) is 0 Å². The topological polar surface area (TPSA) is 58.2 Å². The van der Waals surface area contributed by atoms with Gasteiger partial charge in [-0.1, -0.05) is 48.0 Å². The molecule has 26 heavy (non-hydrogen) atoms. The average Bonchev–Trinajstić information content (AvgIpc) is 2.85. The number of carbonyl (C=O) groups excluding carboxylic acids is 2. The van der Waals surface area contributed by atoms with E-state index in [0.29, 0.717) is 16.3 Å². The van der Waals surface area contributed by atoms with Gasteiger partial charge in [0.15, 0.2) is 0 Å². The SMILES string of the molecule is C=C1CC(=O)N[C@@H](c2cc(C)ccc2C)[C@@]12C(=O)Nc1cc(Cl)ccc12. The number of fused-ring (bicyclic) bond motifs is 2.